The average molecular weight is 211 g/mol. The zero-order valence-electron chi connectivity index (χ0n) is 9.41. The molecule has 0 aromatic carbocycles. The summed E-state index contributed by atoms with van der Waals surface area (Å²) < 4.78 is 0. The Morgan fingerprint density at radius 1 is 1.53 bits per heavy atom. The third kappa shape index (κ3) is 2.92. The lowest BCUT2D eigenvalue weighted by molar-refractivity contribution is -0.131. The van der Waals surface area contributed by atoms with Crippen molar-refractivity contribution in [3.63, 3.8) is 0 Å². The molecular weight excluding hydrogens is 190 g/mol. The molecule has 1 saturated heterocycles. The molecule has 1 aliphatic carbocycles. The zero-order valence-corrected chi connectivity index (χ0v) is 9.41. The van der Waals surface area contributed by atoms with Crippen molar-refractivity contribution >= 4 is 5.91 Å². The van der Waals surface area contributed by atoms with Gasteiger partial charge >= 0.3 is 0 Å². The van der Waals surface area contributed by atoms with Gasteiger partial charge in [0, 0.05) is 19.1 Å². The van der Waals surface area contributed by atoms with Gasteiger partial charge in [-0.1, -0.05) is 0 Å². The van der Waals surface area contributed by atoms with Gasteiger partial charge in [-0.25, -0.2) is 0 Å². The number of nitrogens with zero attached hydrogens (tertiary/aromatic N) is 1. The van der Waals surface area contributed by atoms with E-state index in [1.807, 2.05) is 4.90 Å². The number of carbonyl (C=O) groups excluding carboxylic acids is 1. The van der Waals surface area contributed by atoms with Crippen molar-refractivity contribution in [2.45, 2.75) is 38.3 Å². The van der Waals surface area contributed by atoms with E-state index in [1.54, 1.807) is 6.92 Å². The Morgan fingerprint density at radius 2 is 2.27 bits per heavy atom. The van der Waals surface area contributed by atoms with E-state index in [9.17, 15) is 4.79 Å². The molecule has 15 heavy (non-hydrogen) atoms. The highest BCUT2D eigenvalue weighted by atomic mass is 16.2. The fourth-order valence-corrected chi connectivity index (χ4v) is 2.07. The van der Waals surface area contributed by atoms with E-state index >= 15 is 0 Å². The fourth-order valence-electron chi connectivity index (χ4n) is 2.07. The van der Waals surface area contributed by atoms with E-state index in [0.717, 1.165) is 32.0 Å². The second kappa shape index (κ2) is 4.49. The van der Waals surface area contributed by atoms with E-state index in [4.69, 9.17) is 5.73 Å². The first kappa shape index (κ1) is 10.9. The summed E-state index contributed by atoms with van der Waals surface area (Å²) in [5, 5.41) is 3.53. The van der Waals surface area contributed by atoms with Crippen molar-refractivity contribution in [3.8, 4) is 0 Å². The quantitative estimate of drug-likeness (QED) is 0.684. The lowest BCUT2D eigenvalue weighted by Crippen LogP contribution is -2.42. The molecule has 3 N–H and O–H groups in total. The molecule has 0 aromatic heterocycles. The molecular formula is C11H21N3O. The summed E-state index contributed by atoms with van der Waals surface area (Å²) >= 11 is 0. The Hall–Kier alpha value is -0.610. The Labute approximate surface area is 91.2 Å². The van der Waals surface area contributed by atoms with Crippen molar-refractivity contribution in [1.82, 2.24) is 10.2 Å². The molecule has 1 aliphatic heterocycles. The standard InChI is InChI=1S/C11H21N3O/c1-8(12)11(15)14-5-4-10(7-14)13-6-9-2-3-9/h8-10,13H,2-7,12H2,1H3/t8-,10+/m0/s1. The van der Waals surface area contributed by atoms with Gasteiger partial charge in [0.2, 0.25) is 5.91 Å². The maximum atomic E-state index is 11.6. The topological polar surface area (TPSA) is 58.4 Å². The van der Waals surface area contributed by atoms with Gasteiger partial charge in [0.15, 0.2) is 0 Å². The van der Waals surface area contributed by atoms with Gasteiger partial charge in [0.25, 0.3) is 0 Å². The van der Waals surface area contributed by atoms with Crippen LogP contribution in [-0.2, 0) is 4.79 Å². The first-order chi connectivity index (χ1) is 7.16. The number of likely N-dealkylation sites (tertiary alicyclic amines) is 1. The highest BCUT2D eigenvalue weighted by Gasteiger charge is 2.29. The summed E-state index contributed by atoms with van der Waals surface area (Å²) in [5.41, 5.74) is 5.58. The van der Waals surface area contributed by atoms with Crippen LogP contribution < -0.4 is 11.1 Å². The third-order valence-electron chi connectivity index (χ3n) is 3.28. The van der Waals surface area contributed by atoms with E-state index in [2.05, 4.69) is 5.32 Å². The molecule has 86 valence electrons. The van der Waals surface area contributed by atoms with Gasteiger partial charge in [-0.3, -0.25) is 4.79 Å². The molecule has 0 bridgehead atoms. The number of carbonyl (C=O) groups is 1. The van der Waals surface area contributed by atoms with Crippen molar-refractivity contribution in [2.24, 2.45) is 11.7 Å². The summed E-state index contributed by atoms with van der Waals surface area (Å²) in [6, 6.07) is 0.139. The summed E-state index contributed by atoms with van der Waals surface area (Å²) in [5.74, 6) is 0.994. The van der Waals surface area contributed by atoms with Gasteiger partial charge in [-0.2, -0.15) is 0 Å². The molecule has 1 saturated carbocycles. The molecule has 2 rings (SSSR count). The molecule has 0 aromatic rings. The Kier molecular flexibility index (Phi) is 3.26. The molecule has 1 amide bonds. The molecule has 0 unspecified atom stereocenters. The predicted molar refractivity (Wildman–Crippen MR) is 59.4 cm³/mol. The van der Waals surface area contributed by atoms with Gasteiger partial charge in [0.1, 0.15) is 0 Å². The first-order valence-electron chi connectivity index (χ1n) is 5.94. The van der Waals surface area contributed by atoms with Crippen molar-refractivity contribution in [3.05, 3.63) is 0 Å². The zero-order chi connectivity index (χ0) is 10.8. The highest BCUT2D eigenvalue weighted by molar-refractivity contribution is 5.81. The average Bonchev–Trinajstić information content (AvgIpc) is 2.92. The van der Waals surface area contributed by atoms with Crippen LogP contribution in [-0.4, -0.2) is 42.5 Å². The molecule has 0 spiro atoms. The normalized spacial score (nSPS) is 28.1. The van der Waals surface area contributed by atoms with Crippen LogP contribution in [0.2, 0.25) is 0 Å². The van der Waals surface area contributed by atoms with Gasteiger partial charge in [0.05, 0.1) is 6.04 Å². The minimum Gasteiger partial charge on any atom is -0.340 e. The molecule has 2 aliphatic rings. The van der Waals surface area contributed by atoms with Gasteiger partial charge < -0.3 is 16.0 Å². The molecule has 0 radical (unpaired) electrons. The monoisotopic (exact) mass is 211 g/mol. The number of amides is 1. The number of nitrogens with one attached hydrogen (secondary N) is 1. The summed E-state index contributed by atoms with van der Waals surface area (Å²) in [6.07, 6.45) is 3.83. The second-order valence-electron chi connectivity index (χ2n) is 4.91. The lowest BCUT2D eigenvalue weighted by atomic mass is 10.2. The van der Waals surface area contributed by atoms with Gasteiger partial charge in [-0.05, 0) is 38.6 Å². The smallest absolute Gasteiger partial charge is 0.239 e. The van der Waals surface area contributed by atoms with Crippen LogP contribution in [0.1, 0.15) is 26.2 Å². The Balaban J connectivity index is 1.70. The maximum Gasteiger partial charge on any atom is 0.239 e. The van der Waals surface area contributed by atoms with Crippen molar-refractivity contribution in [1.29, 1.82) is 0 Å². The van der Waals surface area contributed by atoms with Crippen LogP contribution in [0.15, 0.2) is 0 Å². The largest absolute Gasteiger partial charge is 0.340 e. The minimum absolute atomic E-state index is 0.0886. The molecule has 2 atom stereocenters. The van der Waals surface area contributed by atoms with Gasteiger partial charge in [-0.15, -0.1) is 0 Å². The van der Waals surface area contributed by atoms with Crippen LogP contribution in [0.4, 0.5) is 0 Å². The SMILES string of the molecule is C[C@H](N)C(=O)N1CC[C@@H](NCC2CC2)C1. The van der Waals surface area contributed by atoms with E-state index in [-0.39, 0.29) is 11.9 Å². The summed E-state index contributed by atoms with van der Waals surface area (Å²) in [6.45, 7) is 4.59. The molecule has 2 fully saturated rings. The summed E-state index contributed by atoms with van der Waals surface area (Å²) in [4.78, 5) is 13.5. The minimum atomic E-state index is -0.354. The number of nitrogens with two attached hydrogens (primary N) is 1. The van der Waals surface area contributed by atoms with Crippen LogP contribution >= 0.6 is 0 Å². The number of rotatable bonds is 4. The van der Waals surface area contributed by atoms with Crippen LogP contribution in [0.3, 0.4) is 0 Å². The first-order valence-corrected chi connectivity index (χ1v) is 5.94. The van der Waals surface area contributed by atoms with E-state index < -0.39 is 0 Å². The summed E-state index contributed by atoms with van der Waals surface area (Å²) in [7, 11) is 0. The Morgan fingerprint density at radius 3 is 2.87 bits per heavy atom. The van der Waals surface area contributed by atoms with Crippen LogP contribution in [0, 0.1) is 5.92 Å². The molecule has 4 nitrogen and oxygen atoms in total. The number of hydrogen-bond acceptors (Lipinski definition) is 3. The van der Waals surface area contributed by atoms with E-state index in [0.29, 0.717) is 6.04 Å². The number of hydrogen-bond donors (Lipinski definition) is 2. The lowest BCUT2D eigenvalue weighted by Gasteiger charge is -2.19. The Bertz CT molecular complexity index is 238. The van der Waals surface area contributed by atoms with Crippen molar-refractivity contribution in [2.75, 3.05) is 19.6 Å². The predicted octanol–water partition coefficient (Wildman–Crippen LogP) is -0.0659. The fraction of sp³-hybridized carbons (Fsp3) is 0.909. The third-order valence-corrected chi connectivity index (χ3v) is 3.28. The second-order valence-corrected chi connectivity index (χ2v) is 4.91. The van der Waals surface area contributed by atoms with Crippen molar-refractivity contribution < 1.29 is 4.79 Å². The molecule has 1 heterocycles. The van der Waals surface area contributed by atoms with Crippen LogP contribution in [0.25, 0.3) is 0 Å². The maximum absolute atomic E-state index is 11.6. The van der Waals surface area contributed by atoms with Crippen LogP contribution in [0.5, 0.6) is 0 Å². The van der Waals surface area contributed by atoms with E-state index in [1.165, 1.54) is 12.8 Å². The highest BCUT2D eigenvalue weighted by Crippen LogP contribution is 2.28. The molecule has 4 heteroatoms.